The molecule has 4 nitrogen and oxygen atoms in total. The summed E-state index contributed by atoms with van der Waals surface area (Å²) in [6.45, 7) is 10.4. The van der Waals surface area contributed by atoms with Crippen molar-refractivity contribution >= 4 is 23.1 Å². The molecule has 0 aliphatic heterocycles. The predicted molar refractivity (Wildman–Crippen MR) is 98.1 cm³/mol. The Balaban J connectivity index is 2.17. The van der Waals surface area contributed by atoms with E-state index in [0.717, 1.165) is 16.8 Å². The smallest absolute Gasteiger partial charge is 0.323 e. The zero-order valence-corrected chi connectivity index (χ0v) is 14.4. The van der Waals surface area contributed by atoms with E-state index in [1.165, 1.54) is 5.56 Å². The van der Waals surface area contributed by atoms with E-state index in [1.807, 2.05) is 44.2 Å². The summed E-state index contributed by atoms with van der Waals surface area (Å²) in [6.07, 6.45) is 0. The van der Waals surface area contributed by atoms with Crippen LogP contribution in [0.2, 0.25) is 0 Å². The molecular weight excluding hydrogens is 286 g/mol. The third-order valence-corrected chi connectivity index (χ3v) is 3.81. The first-order chi connectivity index (χ1) is 10.7. The van der Waals surface area contributed by atoms with Crippen molar-refractivity contribution in [2.75, 3.05) is 16.4 Å². The molecule has 0 fully saturated rings. The molecule has 2 aromatic rings. The minimum Gasteiger partial charge on any atom is -0.397 e. The average molecular weight is 311 g/mol. The van der Waals surface area contributed by atoms with Crippen molar-refractivity contribution in [3.63, 3.8) is 0 Å². The molecule has 0 radical (unpaired) electrons. The molecule has 0 aliphatic carbocycles. The number of nitrogen functional groups attached to an aromatic ring is 1. The Bertz CT molecular complexity index is 730. The molecule has 0 heterocycles. The molecular formula is C19H25N3O. The molecule has 0 saturated carbocycles. The summed E-state index contributed by atoms with van der Waals surface area (Å²) in [5.74, 6) is 0. The van der Waals surface area contributed by atoms with Crippen LogP contribution >= 0.6 is 0 Å². The van der Waals surface area contributed by atoms with Gasteiger partial charge in [0.2, 0.25) is 0 Å². The third-order valence-electron chi connectivity index (χ3n) is 3.81. The second-order valence-electron chi connectivity index (χ2n) is 6.95. The van der Waals surface area contributed by atoms with Gasteiger partial charge >= 0.3 is 6.03 Å². The van der Waals surface area contributed by atoms with E-state index in [1.54, 1.807) is 0 Å². The van der Waals surface area contributed by atoms with E-state index >= 15 is 0 Å². The monoisotopic (exact) mass is 311 g/mol. The van der Waals surface area contributed by atoms with Crippen molar-refractivity contribution in [2.24, 2.45) is 0 Å². The lowest BCUT2D eigenvalue weighted by molar-refractivity contribution is 0.262. The number of carbonyl (C=O) groups excluding carboxylic acids is 1. The van der Waals surface area contributed by atoms with Crippen LogP contribution < -0.4 is 16.4 Å². The highest BCUT2D eigenvalue weighted by molar-refractivity contribution is 6.02. The maximum absolute atomic E-state index is 12.3. The molecule has 4 heteroatoms. The largest absolute Gasteiger partial charge is 0.397 e. The highest BCUT2D eigenvalue weighted by Gasteiger charge is 2.15. The summed E-state index contributed by atoms with van der Waals surface area (Å²) >= 11 is 0. The molecule has 23 heavy (non-hydrogen) atoms. The molecule has 4 N–H and O–H groups in total. The second-order valence-corrected chi connectivity index (χ2v) is 6.95. The van der Waals surface area contributed by atoms with Gasteiger partial charge in [0.05, 0.1) is 11.4 Å². The highest BCUT2D eigenvalue weighted by Crippen LogP contribution is 2.27. The fourth-order valence-electron chi connectivity index (χ4n) is 2.30. The van der Waals surface area contributed by atoms with Crippen LogP contribution in [0.1, 0.15) is 37.5 Å². The number of rotatable bonds is 2. The van der Waals surface area contributed by atoms with Crippen LogP contribution in [0, 0.1) is 13.8 Å². The number of anilines is 3. The SMILES string of the molecule is Cc1ccc(NC(=O)Nc2cc(C(C)(C)C)ccc2C)c(N)c1. The molecule has 122 valence electrons. The van der Waals surface area contributed by atoms with Crippen molar-refractivity contribution in [3.8, 4) is 0 Å². The maximum atomic E-state index is 12.3. The van der Waals surface area contributed by atoms with E-state index in [9.17, 15) is 4.79 Å². The minimum atomic E-state index is -0.297. The lowest BCUT2D eigenvalue weighted by Crippen LogP contribution is -2.21. The molecule has 0 spiro atoms. The molecule has 2 amide bonds. The van der Waals surface area contributed by atoms with Crippen LogP contribution in [0.25, 0.3) is 0 Å². The average Bonchev–Trinajstić information content (AvgIpc) is 2.43. The molecule has 2 aromatic carbocycles. The lowest BCUT2D eigenvalue weighted by atomic mass is 9.86. The Morgan fingerprint density at radius 1 is 0.957 bits per heavy atom. The highest BCUT2D eigenvalue weighted by atomic mass is 16.2. The number of hydrogen-bond acceptors (Lipinski definition) is 2. The van der Waals surface area contributed by atoms with Gasteiger partial charge in [-0.25, -0.2) is 4.79 Å². The number of nitrogens with two attached hydrogens (primary N) is 1. The number of carbonyl (C=O) groups is 1. The fourth-order valence-corrected chi connectivity index (χ4v) is 2.30. The second kappa shape index (κ2) is 6.32. The first kappa shape index (κ1) is 16.9. The van der Waals surface area contributed by atoms with E-state index in [0.29, 0.717) is 11.4 Å². The van der Waals surface area contributed by atoms with E-state index in [2.05, 4.69) is 37.5 Å². The first-order valence-corrected chi connectivity index (χ1v) is 7.72. The number of hydrogen-bond donors (Lipinski definition) is 3. The quantitative estimate of drug-likeness (QED) is 0.696. The van der Waals surface area contributed by atoms with Crippen LogP contribution in [0.4, 0.5) is 21.9 Å². The van der Waals surface area contributed by atoms with Crippen LogP contribution in [-0.2, 0) is 5.41 Å². The normalized spacial score (nSPS) is 11.2. The topological polar surface area (TPSA) is 67.2 Å². The Labute approximate surface area is 138 Å². The molecule has 0 bridgehead atoms. The van der Waals surface area contributed by atoms with Gasteiger partial charge in [-0.2, -0.15) is 0 Å². The van der Waals surface area contributed by atoms with Crippen LogP contribution in [0.5, 0.6) is 0 Å². The predicted octanol–water partition coefficient (Wildman–Crippen LogP) is 4.83. The van der Waals surface area contributed by atoms with Crippen LogP contribution in [0.3, 0.4) is 0 Å². The molecule has 0 atom stereocenters. The summed E-state index contributed by atoms with van der Waals surface area (Å²) < 4.78 is 0. The van der Waals surface area contributed by atoms with E-state index in [-0.39, 0.29) is 11.4 Å². The number of amides is 2. The molecule has 0 aliphatic rings. The Morgan fingerprint density at radius 3 is 2.22 bits per heavy atom. The number of urea groups is 1. The fraction of sp³-hybridized carbons (Fsp3) is 0.316. The van der Waals surface area contributed by atoms with Crippen molar-refractivity contribution in [1.29, 1.82) is 0 Å². The van der Waals surface area contributed by atoms with Crippen molar-refractivity contribution in [1.82, 2.24) is 0 Å². The Morgan fingerprint density at radius 2 is 1.61 bits per heavy atom. The van der Waals surface area contributed by atoms with Gasteiger partial charge in [0.15, 0.2) is 0 Å². The van der Waals surface area contributed by atoms with Crippen molar-refractivity contribution in [3.05, 3.63) is 53.1 Å². The summed E-state index contributed by atoms with van der Waals surface area (Å²) in [5.41, 5.74) is 11.2. The minimum absolute atomic E-state index is 0.0298. The zero-order valence-electron chi connectivity index (χ0n) is 14.4. The van der Waals surface area contributed by atoms with Gasteiger partial charge in [-0.05, 0) is 54.2 Å². The Hall–Kier alpha value is -2.49. The molecule has 0 aromatic heterocycles. The Kier molecular flexibility index (Phi) is 4.64. The van der Waals surface area contributed by atoms with E-state index in [4.69, 9.17) is 5.73 Å². The van der Waals surface area contributed by atoms with Crippen LogP contribution in [-0.4, -0.2) is 6.03 Å². The van der Waals surface area contributed by atoms with Gasteiger partial charge < -0.3 is 16.4 Å². The summed E-state index contributed by atoms with van der Waals surface area (Å²) in [4.78, 5) is 12.3. The van der Waals surface area contributed by atoms with Gasteiger partial charge in [0.25, 0.3) is 0 Å². The van der Waals surface area contributed by atoms with Crippen molar-refractivity contribution in [2.45, 2.75) is 40.0 Å². The summed E-state index contributed by atoms with van der Waals surface area (Å²) in [5, 5.41) is 5.70. The van der Waals surface area contributed by atoms with Crippen molar-refractivity contribution < 1.29 is 4.79 Å². The van der Waals surface area contributed by atoms with Gasteiger partial charge in [-0.15, -0.1) is 0 Å². The molecule has 2 rings (SSSR count). The van der Waals surface area contributed by atoms with Gasteiger partial charge in [0.1, 0.15) is 0 Å². The summed E-state index contributed by atoms with van der Waals surface area (Å²) in [6, 6.07) is 11.4. The lowest BCUT2D eigenvalue weighted by Gasteiger charge is -2.21. The number of benzene rings is 2. The summed E-state index contributed by atoms with van der Waals surface area (Å²) in [7, 11) is 0. The van der Waals surface area contributed by atoms with Gasteiger partial charge in [-0.3, -0.25) is 0 Å². The third kappa shape index (κ3) is 4.25. The van der Waals surface area contributed by atoms with E-state index < -0.39 is 0 Å². The maximum Gasteiger partial charge on any atom is 0.323 e. The zero-order chi connectivity index (χ0) is 17.2. The number of aryl methyl sites for hydroxylation is 2. The first-order valence-electron chi connectivity index (χ1n) is 7.72. The van der Waals surface area contributed by atoms with Crippen LogP contribution in [0.15, 0.2) is 36.4 Å². The van der Waals surface area contributed by atoms with Gasteiger partial charge in [-0.1, -0.05) is 39.0 Å². The molecule has 0 unspecified atom stereocenters. The standard InChI is InChI=1S/C19H25N3O/c1-12-6-9-16(15(20)10-12)21-18(23)22-17-11-14(19(3,4)5)8-7-13(17)2/h6-11H,20H2,1-5H3,(H2,21,22,23). The molecule has 0 saturated heterocycles. The number of nitrogens with one attached hydrogen (secondary N) is 2. The van der Waals surface area contributed by atoms with Gasteiger partial charge in [0, 0.05) is 5.69 Å².